The quantitative estimate of drug-likeness (QED) is 0.797. The molecule has 4 rings (SSSR count). The average molecular weight is 342 g/mol. The predicted molar refractivity (Wildman–Crippen MR) is 89.3 cm³/mol. The largest absolute Gasteiger partial charge is 0.360 e. The van der Waals surface area contributed by atoms with E-state index in [0.29, 0.717) is 24.6 Å². The van der Waals surface area contributed by atoms with Crippen LogP contribution in [0.1, 0.15) is 58.1 Å². The van der Waals surface area contributed by atoms with E-state index in [9.17, 15) is 9.59 Å². The van der Waals surface area contributed by atoms with Crippen molar-refractivity contribution in [3.8, 4) is 0 Å². The van der Waals surface area contributed by atoms with E-state index in [0.717, 1.165) is 49.8 Å². The molecule has 0 N–H and O–H groups in total. The lowest BCUT2D eigenvalue weighted by molar-refractivity contribution is 0.0624. The molecular formula is C18H22N4O3. The Labute approximate surface area is 146 Å². The number of carbonyl (C=O) groups is 2. The highest BCUT2D eigenvalue weighted by Gasteiger charge is 2.34. The van der Waals surface area contributed by atoms with Crippen LogP contribution >= 0.6 is 0 Å². The zero-order valence-corrected chi connectivity index (χ0v) is 14.4. The number of aryl methyl sites for hydroxylation is 2. The van der Waals surface area contributed by atoms with Gasteiger partial charge in [0.2, 0.25) is 5.78 Å². The molecule has 0 saturated carbocycles. The first-order chi connectivity index (χ1) is 12.1. The summed E-state index contributed by atoms with van der Waals surface area (Å²) in [5.41, 5.74) is 1.41. The Morgan fingerprint density at radius 3 is 2.88 bits per heavy atom. The van der Waals surface area contributed by atoms with Crippen LogP contribution in [0.5, 0.6) is 0 Å². The maximum Gasteiger partial charge on any atom is 0.276 e. The van der Waals surface area contributed by atoms with Crippen molar-refractivity contribution < 1.29 is 14.1 Å². The van der Waals surface area contributed by atoms with E-state index < -0.39 is 0 Å². The number of amides is 1. The molecule has 1 fully saturated rings. The van der Waals surface area contributed by atoms with Gasteiger partial charge in [0.25, 0.3) is 5.91 Å². The van der Waals surface area contributed by atoms with Crippen molar-refractivity contribution in [1.29, 1.82) is 0 Å². The van der Waals surface area contributed by atoms with Crippen molar-refractivity contribution in [1.82, 2.24) is 19.6 Å². The molecular weight excluding hydrogens is 320 g/mol. The Morgan fingerprint density at radius 1 is 1.24 bits per heavy atom. The summed E-state index contributed by atoms with van der Waals surface area (Å²) < 4.78 is 7.10. The first-order valence-electron chi connectivity index (χ1n) is 8.93. The Hall–Kier alpha value is -2.44. The fraction of sp³-hybridized carbons (Fsp3) is 0.556. The van der Waals surface area contributed by atoms with Gasteiger partial charge in [0.1, 0.15) is 5.76 Å². The number of hydrogen-bond acceptors (Lipinski definition) is 5. The van der Waals surface area contributed by atoms with Crippen LogP contribution in [-0.4, -0.2) is 44.4 Å². The van der Waals surface area contributed by atoms with Gasteiger partial charge in [-0.05, 0) is 32.1 Å². The van der Waals surface area contributed by atoms with Crippen molar-refractivity contribution >= 4 is 11.7 Å². The van der Waals surface area contributed by atoms with Gasteiger partial charge < -0.3 is 14.0 Å². The molecule has 132 valence electrons. The minimum Gasteiger partial charge on any atom is -0.360 e. The number of ketones is 1. The van der Waals surface area contributed by atoms with Gasteiger partial charge in [-0.15, -0.1) is 0 Å². The van der Waals surface area contributed by atoms with Crippen LogP contribution in [0.4, 0.5) is 0 Å². The van der Waals surface area contributed by atoms with Gasteiger partial charge in [0.15, 0.2) is 11.5 Å². The highest BCUT2D eigenvalue weighted by Crippen LogP contribution is 2.27. The van der Waals surface area contributed by atoms with Crippen LogP contribution in [0.15, 0.2) is 16.9 Å². The molecule has 1 atom stereocenters. The van der Waals surface area contributed by atoms with Crippen molar-refractivity contribution in [3.05, 3.63) is 35.2 Å². The molecule has 2 aromatic heterocycles. The zero-order valence-electron chi connectivity index (χ0n) is 14.4. The topological polar surface area (TPSA) is 81.2 Å². The first-order valence-corrected chi connectivity index (χ1v) is 8.93. The highest BCUT2D eigenvalue weighted by atomic mass is 16.5. The number of Topliss-reactive ketones (excluding diaryl/α,β-unsaturated/α-hetero) is 1. The number of carbonyl (C=O) groups excluding carboxylic acids is 2. The first kappa shape index (κ1) is 16.1. The monoisotopic (exact) mass is 342 g/mol. The smallest absolute Gasteiger partial charge is 0.276 e. The molecule has 0 spiro atoms. The predicted octanol–water partition coefficient (Wildman–Crippen LogP) is 2.02. The summed E-state index contributed by atoms with van der Waals surface area (Å²) in [5, 5.41) is 4.04. The van der Waals surface area contributed by atoms with Crippen molar-refractivity contribution in [3.63, 3.8) is 0 Å². The van der Waals surface area contributed by atoms with Crippen molar-refractivity contribution in [2.45, 2.75) is 38.5 Å². The van der Waals surface area contributed by atoms with E-state index in [-0.39, 0.29) is 17.6 Å². The van der Waals surface area contributed by atoms with Crippen LogP contribution in [-0.2, 0) is 19.9 Å². The van der Waals surface area contributed by atoms with Crippen molar-refractivity contribution in [2.75, 3.05) is 13.1 Å². The maximum atomic E-state index is 12.9. The SMILES string of the molecule is Cn1ccnc1C(=O)[C@@H]1CCCN(C(=O)c2noc3c2CCCC3)C1. The van der Waals surface area contributed by atoms with Crippen LogP contribution in [0.3, 0.4) is 0 Å². The third kappa shape index (κ3) is 2.88. The van der Waals surface area contributed by atoms with E-state index in [1.54, 1.807) is 21.9 Å². The molecule has 1 aliphatic carbocycles. The van der Waals surface area contributed by atoms with E-state index in [1.165, 1.54) is 0 Å². The summed E-state index contributed by atoms with van der Waals surface area (Å²) in [7, 11) is 1.81. The van der Waals surface area contributed by atoms with Crippen LogP contribution in [0, 0.1) is 5.92 Å². The Morgan fingerprint density at radius 2 is 2.08 bits per heavy atom. The number of piperidine rings is 1. The van der Waals surface area contributed by atoms with Gasteiger partial charge in [-0.25, -0.2) is 4.98 Å². The third-order valence-corrected chi connectivity index (χ3v) is 5.27. The van der Waals surface area contributed by atoms with Gasteiger partial charge in [-0.1, -0.05) is 5.16 Å². The molecule has 2 aliphatic rings. The second-order valence-electron chi connectivity index (χ2n) is 6.96. The molecule has 0 bridgehead atoms. The molecule has 1 amide bonds. The fourth-order valence-electron chi connectivity index (χ4n) is 3.86. The van der Waals surface area contributed by atoms with Crippen LogP contribution in [0.2, 0.25) is 0 Å². The lowest BCUT2D eigenvalue weighted by Gasteiger charge is -2.31. The number of fused-ring (bicyclic) bond motifs is 1. The molecule has 3 heterocycles. The maximum absolute atomic E-state index is 12.9. The molecule has 1 aliphatic heterocycles. The molecule has 1 saturated heterocycles. The second kappa shape index (κ2) is 6.46. The highest BCUT2D eigenvalue weighted by molar-refractivity contribution is 5.97. The lowest BCUT2D eigenvalue weighted by Crippen LogP contribution is -2.43. The number of hydrogen-bond donors (Lipinski definition) is 0. The molecule has 0 unspecified atom stereocenters. The second-order valence-corrected chi connectivity index (χ2v) is 6.96. The summed E-state index contributed by atoms with van der Waals surface area (Å²) in [4.78, 5) is 31.5. The lowest BCUT2D eigenvalue weighted by atomic mass is 9.92. The van der Waals surface area contributed by atoms with Gasteiger partial charge in [-0.2, -0.15) is 0 Å². The number of likely N-dealkylation sites (tertiary alicyclic amines) is 1. The Bertz CT molecular complexity index is 807. The minimum atomic E-state index is -0.207. The minimum absolute atomic E-state index is 0.00665. The normalized spacial score (nSPS) is 20.4. The fourth-order valence-corrected chi connectivity index (χ4v) is 3.86. The summed E-state index contributed by atoms with van der Waals surface area (Å²) in [6, 6.07) is 0. The number of aromatic nitrogens is 3. The Balaban J connectivity index is 1.51. The van der Waals surface area contributed by atoms with E-state index in [1.807, 2.05) is 7.05 Å². The summed E-state index contributed by atoms with van der Waals surface area (Å²) in [5.74, 6) is 1.00. The van der Waals surface area contributed by atoms with Crippen molar-refractivity contribution in [2.24, 2.45) is 13.0 Å². The summed E-state index contributed by atoms with van der Waals surface area (Å²) in [6.45, 7) is 1.08. The average Bonchev–Trinajstić information content (AvgIpc) is 3.27. The van der Waals surface area contributed by atoms with E-state index in [4.69, 9.17) is 4.52 Å². The Kier molecular flexibility index (Phi) is 4.15. The van der Waals surface area contributed by atoms with E-state index >= 15 is 0 Å². The van der Waals surface area contributed by atoms with Gasteiger partial charge >= 0.3 is 0 Å². The number of imidazole rings is 1. The van der Waals surface area contributed by atoms with Gasteiger partial charge in [-0.3, -0.25) is 9.59 Å². The van der Waals surface area contributed by atoms with Crippen LogP contribution in [0.25, 0.3) is 0 Å². The third-order valence-electron chi connectivity index (χ3n) is 5.27. The van der Waals surface area contributed by atoms with Gasteiger partial charge in [0.05, 0.1) is 0 Å². The van der Waals surface area contributed by atoms with E-state index in [2.05, 4.69) is 10.1 Å². The van der Waals surface area contributed by atoms with Crippen LogP contribution < -0.4 is 0 Å². The molecule has 2 aromatic rings. The van der Waals surface area contributed by atoms with Gasteiger partial charge in [0, 0.05) is 50.4 Å². The summed E-state index contributed by atoms with van der Waals surface area (Å²) >= 11 is 0. The number of nitrogens with zero attached hydrogens (tertiary/aromatic N) is 4. The molecule has 0 radical (unpaired) electrons. The standard InChI is InChI=1S/C18H22N4O3/c1-21-10-8-19-17(21)16(23)12-5-4-9-22(11-12)18(24)15-13-6-2-3-7-14(13)25-20-15/h8,10,12H,2-7,9,11H2,1H3/t12-/m1/s1. The molecule has 7 nitrogen and oxygen atoms in total. The molecule has 0 aromatic carbocycles. The summed E-state index contributed by atoms with van der Waals surface area (Å²) in [6.07, 6.45) is 8.84. The molecule has 25 heavy (non-hydrogen) atoms. The molecule has 7 heteroatoms. The number of rotatable bonds is 3. The zero-order chi connectivity index (χ0) is 17.4.